The molecule has 5 rings (SSSR count). The van der Waals surface area contributed by atoms with Crippen LogP contribution in [0.15, 0.2) is 49.1 Å². The van der Waals surface area contributed by atoms with Gasteiger partial charge in [0.1, 0.15) is 12.1 Å². The van der Waals surface area contributed by atoms with Gasteiger partial charge < -0.3 is 15.6 Å². The average molecular weight is 437 g/mol. The van der Waals surface area contributed by atoms with Crippen LogP contribution in [0.3, 0.4) is 0 Å². The molecule has 0 amide bonds. The number of aromatic amines is 1. The predicted octanol–water partition coefficient (Wildman–Crippen LogP) is 3.29. The smallest absolute Gasteiger partial charge is 0.206 e. The van der Waals surface area contributed by atoms with Crippen molar-refractivity contribution in [2.45, 2.75) is 13.5 Å². The first-order chi connectivity index (χ1) is 14.7. The minimum Gasteiger partial charge on any atom is -0.324 e. The standard InChI is InChI=1S/C22H24N8.ClH/c1-15-12-24-14-26-21(15)17-2-3-18-19(11-17)28-22(27-18)29-20-10-16(4-5-25-20)13-30-8-6-23-7-9-30;/h2-5,10-12,14,23H,6-9,13H2,1H3,(H2,25,27,28,29);1H. The summed E-state index contributed by atoms with van der Waals surface area (Å²) in [4.78, 5) is 23.4. The lowest BCUT2D eigenvalue weighted by molar-refractivity contribution is 0.233. The second-order valence-corrected chi connectivity index (χ2v) is 7.57. The highest BCUT2D eigenvalue weighted by Crippen LogP contribution is 2.25. The Labute approximate surface area is 187 Å². The Morgan fingerprint density at radius 3 is 2.81 bits per heavy atom. The Kier molecular flexibility index (Phi) is 6.41. The molecular weight excluding hydrogens is 412 g/mol. The van der Waals surface area contributed by atoms with E-state index in [-0.39, 0.29) is 12.4 Å². The summed E-state index contributed by atoms with van der Waals surface area (Å²) in [6, 6.07) is 10.3. The molecule has 4 heterocycles. The number of pyridine rings is 1. The first-order valence-corrected chi connectivity index (χ1v) is 10.2. The summed E-state index contributed by atoms with van der Waals surface area (Å²) in [6.07, 6.45) is 5.25. The van der Waals surface area contributed by atoms with Gasteiger partial charge >= 0.3 is 0 Å². The number of nitrogens with zero attached hydrogens (tertiary/aromatic N) is 5. The molecule has 3 aromatic heterocycles. The average Bonchev–Trinajstić information content (AvgIpc) is 3.16. The number of piperazine rings is 1. The van der Waals surface area contributed by atoms with Gasteiger partial charge in [0.15, 0.2) is 0 Å². The molecule has 31 heavy (non-hydrogen) atoms. The van der Waals surface area contributed by atoms with Gasteiger partial charge in [-0.05, 0) is 42.3 Å². The molecule has 1 aromatic carbocycles. The molecule has 9 heteroatoms. The van der Waals surface area contributed by atoms with Crippen LogP contribution in [-0.2, 0) is 6.54 Å². The molecule has 0 saturated carbocycles. The maximum absolute atomic E-state index is 4.65. The maximum Gasteiger partial charge on any atom is 0.206 e. The van der Waals surface area contributed by atoms with E-state index in [9.17, 15) is 0 Å². The third-order valence-electron chi connectivity index (χ3n) is 5.34. The fraction of sp³-hybridized carbons (Fsp3) is 0.273. The van der Waals surface area contributed by atoms with Gasteiger partial charge in [0.05, 0.1) is 16.7 Å². The topological polar surface area (TPSA) is 94.7 Å². The minimum atomic E-state index is 0. The van der Waals surface area contributed by atoms with Crippen LogP contribution < -0.4 is 10.6 Å². The Morgan fingerprint density at radius 1 is 1.10 bits per heavy atom. The summed E-state index contributed by atoms with van der Waals surface area (Å²) in [5.74, 6) is 1.46. The number of fused-ring (bicyclic) bond motifs is 1. The monoisotopic (exact) mass is 436 g/mol. The van der Waals surface area contributed by atoms with Crippen LogP contribution >= 0.6 is 12.4 Å². The number of aromatic nitrogens is 5. The number of halogens is 1. The summed E-state index contributed by atoms with van der Waals surface area (Å²) in [5, 5.41) is 6.70. The minimum absolute atomic E-state index is 0. The Morgan fingerprint density at radius 2 is 1.97 bits per heavy atom. The highest BCUT2D eigenvalue weighted by molar-refractivity contribution is 5.85. The van der Waals surface area contributed by atoms with Crippen LogP contribution in [0.2, 0.25) is 0 Å². The number of nitrogens with one attached hydrogen (secondary N) is 3. The van der Waals surface area contributed by atoms with E-state index in [0.717, 1.165) is 66.4 Å². The largest absolute Gasteiger partial charge is 0.324 e. The lowest BCUT2D eigenvalue weighted by Crippen LogP contribution is -2.42. The van der Waals surface area contributed by atoms with E-state index in [1.807, 2.05) is 31.5 Å². The summed E-state index contributed by atoms with van der Waals surface area (Å²) >= 11 is 0. The number of hydrogen-bond donors (Lipinski definition) is 3. The third-order valence-corrected chi connectivity index (χ3v) is 5.34. The molecule has 1 fully saturated rings. The molecule has 0 aliphatic carbocycles. The normalized spacial score (nSPS) is 14.4. The number of aryl methyl sites for hydroxylation is 1. The van der Waals surface area contributed by atoms with E-state index in [0.29, 0.717) is 5.95 Å². The fourth-order valence-corrected chi connectivity index (χ4v) is 3.81. The van der Waals surface area contributed by atoms with Gasteiger partial charge in [-0.1, -0.05) is 6.07 Å². The van der Waals surface area contributed by atoms with Gasteiger partial charge in [-0.3, -0.25) is 4.90 Å². The molecule has 1 saturated heterocycles. The van der Waals surface area contributed by atoms with E-state index < -0.39 is 0 Å². The lowest BCUT2D eigenvalue weighted by atomic mass is 10.1. The SMILES string of the molecule is Cc1cncnc1-c1ccc2nc(Nc3cc(CN4CCNCC4)ccn3)[nH]c2c1.Cl. The molecule has 0 radical (unpaired) electrons. The van der Waals surface area contributed by atoms with E-state index in [4.69, 9.17) is 0 Å². The quantitative estimate of drug-likeness (QED) is 0.442. The first-order valence-electron chi connectivity index (χ1n) is 10.2. The Bertz CT molecular complexity index is 1170. The van der Waals surface area contributed by atoms with E-state index >= 15 is 0 Å². The van der Waals surface area contributed by atoms with Gasteiger partial charge in [0.2, 0.25) is 5.95 Å². The molecule has 1 aliphatic heterocycles. The van der Waals surface area contributed by atoms with Crippen LogP contribution in [0.5, 0.6) is 0 Å². The van der Waals surface area contributed by atoms with Crippen molar-refractivity contribution in [3.05, 3.63) is 60.2 Å². The number of benzene rings is 1. The summed E-state index contributed by atoms with van der Waals surface area (Å²) in [7, 11) is 0. The number of H-pyrrole nitrogens is 1. The lowest BCUT2D eigenvalue weighted by Gasteiger charge is -2.27. The molecule has 4 aromatic rings. The molecule has 8 nitrogen and oxygen atoms in total. The number of hydrogen-bond acceptors (Lipinski definition) is 7. The van der Waals surface area contributed by atoms with Crippen molar-refractivity contribution < 1.29 is 0 Å². The zero-order valence-electron chi connectivity index (χ0n) is 17.3. The second-order valence-electron chi connectivity index (χ2n) is 7.57. The summed E-state index contributed by atoms with van der Waals surface area (Å²) in [5.41, 5.74) is 6.09. The second kappa shape index (κ2) is 9.38. The summed E-state index contributed by atoms with van der Waals surface area (Å²) in [6.45, 7) is 7.18. The zero-order chi connectivity index (χ0) is 20.3. The zero-order valence-corrected chi connectivity index (χ0v) is 18.1. The highest BCUT2D eigenvalue weighted by Gasteiger charge is 2.11. The van der Waals surface area contributed by atoms with Crippen molar-refractivity contribution in [2.75, 3.05) is 31.5 Å². The molecule has 0 unspecified atom stereocenters. The number of imidazole rings is 1. The van der Waals surface area contributed by atoms with Crippen LogP contribution in [0, 0.1) is 6.92 Å². The van der Waals surface area contributed by atoms with Crippen molar-refractivity contribution in [2.24, 2.45) is 0 Å². The molecule has 0 atom stereocenters. The van der Waals surface area contributed by atoms with Gasteiger partial charge in [-0.2, -0.15) is 0 Å². The van der Waals surface area contributed by atoms with Crippen molar-refractivity contribution in [1.29, 1.82) is 0 Å². The highest BCUT2D eigenvalue weighted by atomic mass is 35.5. The van der Waals surface area contributed by atoms with Crippen LogP contribution in [0.1, 0.15) is 11.1 Å². The maximum atomic E-state index is 4.65. The molecule has 3 N–H and O–H groups in total. The number of rotatable bonds is 5. The molecule has 1 aliphatic rings. The Balaban J connectivity index is 0.00000231. The van der Waals surface area contributed by atoms with Gasteiger partial charge in [0.25, 0.3) is 0 Å². The van der Waals surface area contributed by atoms with Gasteiger partial charge in [-0.25, -0.2) is 19.9 Å². The van der Waals surface area contributed by atoms with Crippen molar-refractivity contribution in [3.63, 3.8) is 0 Å². The molecule has 0 spiro atoms. The molecular formula is C22H25ClN8. The molecule has 160 valence electrons. The van der Waals surface area contributed by atoms with Crippen molar-refractivity contribution in [1.82, 2.24) is 35.1 Å². The van der Waals surface area contributed by atoms with Gasteiger partial charge in [-0.15, -0.1) is 12.4 Å². The van der Waals surface area contributed by atoms with E-state index in [2.05, 4.69) is 58.7 Å². The van der Waals surface area contributed by atoms with Crippen LogP contribution in [0.4, 0.5) is 11.8 Å². The van der Waals surface area contributed by atoms with Crippen LogP contribution in [0.25, 0.3) is 22.3 Å². The van der Waals surface area contributed by atoms with Crippen molar-refractivity contribution in [3.8, 4) is 11.3 Å². The van der Waals surface area contributed by atoms with E-state index in [1.54, 1.807) is 6.33 Å². The first kappa shape index (κ1) is 21.2. The fourth-order valence-electron chi connectivity index (χ4n) is 3.81. The molecule has 0 bridgehead atoms. The van der Waals surface area contributed by atoms with Crippen LogP contribution in [-0.4, -0.2) is 56.0 Å². The Hall–Kier alpha value is -3.07. The number of anilines is 2. The van der Waals surface area contributed by atoms with Gasteiger partial charge in [0, 0.05) is 50.7 Å². The van der Waals surface area contributed by atoms with Crippen molar-refractivity contribution >= 4 is 35.2 Å². The summed E-state index contributed by atoms with van der Waals surface area (Å²) < 4.78 is 0. The van der Waals surface area contributed by atoms with E-state index in [1.165, 1.54) is 5.56 Å². The third kappa shape index (κ3) is 4.82. The predicted molar refractivity (Wildman–Crippen MR) is 125 cm³/mol.